The predicted molar refractivity (Wildman–Crippen MR) is 30.4 cm³/mol. The van der Waals surface area contributed by atoms with Crippen molar-refractivity contribution in [2.45, 2.75) is 32.0 Å². The topological polar surface area (TPSA) is 40.5 Å². The second-order valence-electron chi connectivity index (χ2n) is 3.06. The first-order valence-corrected chi connectivity index (χ1v) is 2.92. The number of hydrogen-bond acceptors (Lipinski definition) is 2. The molecule has 1 saturated carbocycles. The number of aliphatic hydroxyl groups is 2. The molecule has 0 heterocycles. The van der Waals surface area contributed by atoms with Gasteiger partial charge in [-0.2, -0.15) is 0 Å². The highest BCUT2D eigenvalue weighted by atomic mass is 16.3. The third-order valence-electron chi connectivity index (χ3n) is 1.66. The SMILES string of the molecule is CC(C)(O)[C@@H]1C[C@H]1O. The van der Waals surface area contributed by atoms with Gasteiger partial charge >= 0.3 is 0 Å². The molecule has 1 aliphatic rings. The Bertz CT molecular complexity index is 93.2. The molecule has 0 aliphatic heterocycles. The Balaban J connectivity index is 2.39. The van der Waals surface area contributed by atoms with E-state index in [2.05, 4.69) is 0 Å². The van der Waals surface area contributed by atoms with Gasteiger partial charge in [0.05, 0.1) is 11.7 Å². The van der Waals surface area contributed by atoms with Crippen molar-refractivity contribution in [1.82, 2.24) is 0 Å². The van der Waals surface area contributed by atoms with Crippen LogP contribution in [0.4, 0.5) is 0 Å². The van der Waals surface area contributed by atoms with Crippen molar-refractivity contribution in [1.29, 1.82) is 0 Å². The van der Waals surface area contributed by atoms with Gasteiger partial charge in [-0.25, -0.2) is 0 Å². The highest BCUT2D eigenvalue weighted by Crippen LogP contribution is 2.39. The van der Waals surface area contributed by atoms with Crippen LogP contribution in [-0.4, -0.2) is 21.9 Å². The highest BCUT2D eigenvalue weighted by Gasteiger charge is 2.45. The van der Waals surface area contributed by atoms with Crippen LogP contribution in [0.5, 0.6) is 0 Å². The molecule has 0 saturated heterocycles. The van der Waals surface area contributed by atoms with E-state index >= 15 is 0 Å². The first-order chi connectivity index (χ1) is 3.52. The molecule has 8 heavy (non-hydrogen) atoms. The molecule has 2 N–H and O–H groups in total. The third-order valence-corrected chi connectivity index (χ3v) is 1.66. The van der Waals surface area contributed by atoms with Gasteiger partial charge in [-0.1, -0.05) is 0 Å². The molecule has 2 nitrogen and oxygen atoms in total. The second kappa shape index (κ2) is 1.45. The monoisotopic (exact) mass is 116 g/mol. The van der Waals surface area contributed by atoms with E-state index in [1.54, 1.807) is 13.8 Å². The standard InChI is InChI=1S/C6H12O2/c1-6(2,8)4-3-5(4)7/h4-5,7-8H,3H2,1-2H3/t4-,5-/m1/s1. The molecule has 2 heteroatoms. The molecule has 0 bridgehead atoms. The lowest BCUT2D eigenvalue weighted by Gasteiger charge is -2.14. The quantitative estimate of drug-likeness (QED) is 0.511. The predicted octanol–water partition coefficient (Wildman–Crippen LogP) is 0.138. The van der Waals surface area contributed by atoms with Gasteiger partial charge < -0.3 is 10.2 Å². The van der Waals surface area contributed by atoms with E-state index in [0.717, 1.165) is 6.42 Å². The molecule has 2 atom stereocenters. The zero-order chi connectivity index (χ0) is 6.36. The Morgan fingerprint density at radius 3 is 1.88 bits per heavy atom. The average Bonchev–Trinajstić information content (AvgIpc) is 2.13. The molecule has 0 spiro atoms. The first kappa shape index (κ1) is 6.05. The smallest absolute Gasteiger partial charge is 0.0645 e. The summed E-state index contributed by atoms with van der Waals surface area (Å²) in [6, 6.07) is 0. The minimum absolute atomic E-state index is 0.127. The summed E-state index contributed by atoms with van der Waals surface area (Å²) in [5.41, 5.74) is -0.667. The zero-order valence-corrected chi connectivity index (χ0v) is 5.26. The maximum atomic E-state index is 9.17. The fourth-order valence-corrected chi connectivity index (χ4v) is 0.941. The highest BCUT2D eigenvalue weighted by molar-refractivity contribution is 4.96. The molecule has 1 rings (SSSR count). The molecule has 0 aromatic carbocycles. The molecule has 1 fully saturated rings. The molecule has 0 amide bonds. The van der Waals surface area contributed by atoms with Gasteiger partial charge in [0.2, 0.25) is 0 Å². The Morgan fingerprint density at radius 2 is 1.88 bits per heavy atom. The maximum absolute atomic E-state index is 9.17. The molecule has 48 valence electrons. The number of hydrogen-bond donors (Lipinski definition) is 2. The minimum Gasteiger partial charge on any atom is -0.393 e. The summed E-state index contributed by atoms with van der Waals surface area (Å²) in [4.78, 5) is 0. The fourth-order valence-electron chi connectivity index (χ4n) is 0.941. The lowest BCUT2D eigenvalue weighted by molar-refractivity contribution is 0.0394. The van der Waals surface area contributed by atoms with E-state index in [0.29, 0.717) is 0 Å². The summed E-state index contributed by atoms with van der Waals surface area (Å²) in [5, 5.41) is 18.0. The first-order valence-electron chi connectivity index (χ1n) is 2.92. The van der Waals surface area contributed by atoms with Gasteiger partial charge in [0.15, 0.2) is 0 Å². The van der Waals surface area contributed by atoms with Crippen molar-refractivity contribution in [2.24, 2.45) is 5.92 Å². The van der Waals surface area contributed by atoms with Gasteiger partial charge in [-0.15, -0.1) is 0 Å². The summed E-state index contributed by atoms with van der Waals surface area (Å²) in [6.45, 7) is 3.46. The van der Waals surface area contributed by atoms with E-state index in [-0.39, 0.29) is 12.0 Å². The third kappa shape index (κ3) is 1.01. The van der Waals surface area contributed by atoms with Crippen LogP contribution in [0.3, 0.4) is 0 Å². The van der Waals surface area contributed by atoms with Crippen molar-refractivity contribution in [2.75, 3.05) is 0 Å². The van der Waals surface area contributed by atoms with Crippen molar-refractivity contribution >= 4 is 0 Å². The van der Waals surface area contributed by atoms with Crippen LogP contribution >= 0.6 is 0 Å². The summed E-state index contributed by atoms with van der Waals surface area (Å²) in [5.74, 6) is 0.127. The van der Waals surface area contributed by atoms with Crippen molar-refractivity contribution < 1.29 is 10.2 Å². The Labute approximate surface area is 49.1 Å². The van der Waals surface area contributed by atoms with Crippen LogP contribution in [0.25, 0.3) is 0 Å². The van der Waals surface area contributed by atoms with E-state index < -0.39 is 5.60 Å². The van der Waals surface area contributed by atoms with Gasteiger partial charge in [0.25, 0.3) is 0 Å². The maximum Gasteiger partial charge on any atom is 0.0645 e. The number of rotatable bonds is 1. The van der Waals surface area contributed by atoms with Gasteiger partial charge in [-0.3, -0.25) is 0 Å². The molecular formula is C6H12O2. The molecule has 0 aromatic rings. The summed E-state index contributed by atoms with van der Waals surface area (Å²) in [7, 11) is 0. The lowest BCUT2D eigenvalue weighted by atomic mass is 10.0. The van der Waals surface area contributed by atoms with Gasteiger partial charge in [0.1, 0.15) is 0 Å². The summed E-state index contributed by atoms with van der Waals surface area (Å²) >= 11 is 0. The van der Waals surface area contributed by atoms with E-state index in [4.69, 9.17) is 10.2 Å². The van der Waals surface area contributed by atoms with Crippen LogP contribution in [0.15, 0.2) is 0 Å². The Kier molecular flexibility index (Phi) is 1.10. The fraction of sp³-hybridized carbons (Fsp3) is 1.00. The van der Waals surface area contributed by atoms with Crippen LogP contribution in [-0.2, 0) is 0 Å². The zero-order valence-electron chi connectivity index (χ0n) is 5.26. The van der Waals surface area contributed by atoms with Crippen LogP contribution in [0, 0.1) is 5.92 Å². The van der Waals surface area contributed by atoms with Crippen LogP contribution < -0.4 is 0 Å². The second-order valence-corrected chi connectivity index (χ2v) is 3.06. The van der Waals surface area contributed by atoms with Gasteiger partial charge in [0, 0.05) is 5.92 Å². The van der Waals surface area contributed by atoms with Crippen LogP contribution in [0.1, 0.15) is 20.3 Å². The normalized spacial score (nSPS) is 37.5. The average molecular weight is 116 g/mol. The van der Waals surface area contributed by atoms with Crippen molar-refractivity contribution in [3.8, 4) is 0 Å². The molecular weight excluding hydrogens is 104 g/mol. The Morgan fingerprint density at radius 1 is 1.50 bits per heavy atom. The van der Waals surface area contributed by atoms with E-state index in [1.165, 1.54) is 0 Å². The lowest BCUT2D eigenvalue weighted by Crippen LogP contribution is -2.23. The molecule has 0 unspecified atom stereocenters. The molecule has 0 radical (unpaired) electrons. The number of aliphatic hydroxyl groups excluding tert-OH is 1. The molecule has 1 aliphatic carbocycles. The van der Waals surface area contributed by atoms with Crippen LogP contribution in [0.2, 0.25) is 0 Å². The van der Waals surface area contributed by atoms with Crippen molar-refractivity contribution in [3.05, 3.63) is 0 Å². The Hall–Kier alpha value is -0.0800. The summed E-state index contributed by atoms with van der Waals surface area (Å²) in [6.07, 6.45) is 0.527. The largest absolute Gasteiger partial charge is 0.393 e. The molecule has 0 aromatic heterocycles. The summed E-state index contributed by atoms with van der Waals surface area (Å²) < 4.78 is 0. The van der Waals surface area contributed by atoms with E-state index in [9.17, 15) is 0 Å². The van der Waals surface area contributed by atoms with E-state index in [1.807, 2.05) is 0 Å². The van der Waals surface area contributed by atoms with Crippen molar-refractivity contribution in [3.63, 3.8) is 0 Å². The minimum atomic E-state index is -0.667. The van der Waals surface area contributed by atoms with Gasteiger partial charge in [-0.05, 0) is 20.3 Å².